The lowest BCUT2D eigenvalue weighted by molar-refractivity contribution is 0.0912. The third-order valence-electron chi connectivity index (χ3n) is 4.29. The second kappa shape index (κ2) is 6.93. The molecule has 1 aliphatic heterocycles. The largest absolute Gasteiger partial charge is 0.442 e. The Morgan fingerprint density at radius 2 is 2.00 bits per heavy atom. The number of aryl methyl sites for hydroxylation is 2. The molecule has 2 amide bonds. The average molecular weight is 342 g/mol. The molecule has 0 aromatic heterocycles. The SMILES string of the molecule is Cc1ccc(N2CC(CNC(=O)c3ccccc3F)OC2=O)cc1C. The first-order chi connectivity index (χ1) is 12.0. The number of cyclic esters (lactones) is 1. The van der Waals surface area contributed by atoms with E-state index in [-0.39, 0.29) is 12.1 Å². The van der Waals surface area contributed by atoms with Crippen LogP contribution in [-0.4, -0.2) is 31.2 Å². The molecular weight excluding hydrogens is 323 g/mol. The zero-order valence-electron chi connectivity index (χ0n) is 14.1. The molecule has 5 nitrogen and oxygen atoms in total. The Morgan fingerprint density at radius 1 is 1.24 bits per heavy atom. The molecule has 0 radical (unpaired) electrons. The van der Waals surface area contributed by atoms with Crippen molar-refractivity contribution in [1.82, 2.24) is 5.32 Å². The van der Waals surface area contributed by atoms with Crippen molar-refractivity contribution in [2.24, 2.45) is 0 Å². The highest BCUT2D eigenvalue weighted by molar-refractivity contribution is 5.94. The van der Waals surface area contributed by atoms with Crippen LogP contribution >= 0.6 is 0 Å². The summed E-state index contributed by atoms with van der Waals surface area (Å²) in [6.07, 6.45) is -0.932. The van der Waals surface area contributed by atoms with Crippen molar-refractivity contribution in [3.8, 4) is 0 Å². The number of nitrogens with zero attached hydrogens (tertiary/aromatic N) is 1. The third kappa shape index (κ3) is 3.63. The molecule has 0 saturated carbocycles. The van der Waals surface area contributed by atoms with Crippen LogP contribution in [0.5, 0.6) is 0 Å². The summed E-state index contributed by atoms with van der Waals surface area (Å²) in [5, 5.41) is 2.61. The van der Waals surface area contributed by atoms with Crippen molar-refractivity contribution in [2.45, 2.75) is 20.0 Å². The van der Waals surface area contributed by atoms with Crippen LogP contribution in [0.3, 0.4) is 0 Å². The fourth-order valence-electron chi connectivity index (χ4n) is 2.68. The number of halogens is 1. The first-order valence-electron chi connectivity index (χ1n) is 8.04. The van der Waals surface area contributed by atoms with Gasteiger partial charge in [0.1, 0.15) is 11.9 Å². The van der Waals surface area contributed by atoms with Crippen LogP contribution in [-0.2, 0) is 4.74 Å². The molecule has 2 aromatic carbocycles. The smallest absolute Gasteiger partial charge is 0.414 e. The minimum absolute atomic E-state index is 0.0298. The molecule has 6 heteroatoms. The molecule has 2 aromatic rings. The molecule has 0 spiro atoms. The molecular formula is C19H19FN2O3. The number of carbonyl (C=O) groups is 2. The van der Waals surface area contributed by atoms with Gasteiger partial charge in [-0.3, -0.25) is 9.69 Å². The minimum atomic E-state index is -0.583. The van der Waals surface area contributed by atoms with Crippen LogP contribution in [0.15, 0.2) is 42.5 Å². The first kappa shape index (κ1) is 17.0. The lowest BCUT2D eigenvalue weighted by atomic mass is 10.1. The Hall–Kier alpha value is -2.89. The highest BCUT2D eigenvalue weighted by atomic mass is 19.1. The number of ether oxygens (including phenoxy) is 1. The van der Waals surface area contributed by atoms with Crippen LogP contribution in [0.1, 0.15) is 21.5 Å². The number of hydrogen-bond donors (Lipinski definition) is 1. The predicted octanol–water partition coefficient (Wildman–Crippen LogP) is 3.20. The Morgan fingerprint density at radius 3 is 2.72 bits per heavy atom. The molecule has 1 aliphatic rings. The zero-order chi connectivity index (χ0) is 18.0. The molecule has 130 valence electrons. The van der Waals surface area contributed by atoms with Gasteiger partial charge in [0.15, 0.2) is 0 Å². The number of nitrogens with one attached hydrogen (secondary N) is 1. The Balaban J connectivity index is 1.62. The first-order valence-corrected chi connectivity index (χ1v) is 8.04. The van der Waals surface area contributed by atoms with Crippen LogP contribution in [0.2, 0.25) is 0 Å². The van der Waals surface area contributed by atoms with Gasteiger partial charge in [0.25, 0.3) is 5.91 Å². The molecule has 3 rings (SSSR count). The average Bonchev–Trinajstić information content (AvgIpc) is 2.96. The van der Waals surface area contributed by atoms with Crippen molar-refractivity contribution in [1.29, 1.82) is 0 Å². The monoisotopic (exact) mass is 342 g/mol. The van der Waals surface area contributed by atoms with E-state index in [4.69, 9.17) is 4.74 Å². The second-order valence-electron chi connectivity index (χ2n) is 6.07. The summed E-state index contributed by atoms with van der Waals surface area (Å²) in [4.78, 5) is 25.6. The van der Waals surface area contributed by atoms with E-state index < -0.39 is 23.9 Å². The van der Waals surface area contributed by atoms with Gasteiger partial charge in [-0.1, -0.05) is 18.2 Å². The van der Waals surface area contributed by atoms with E-state index in [0.29, 0.717) is 6.54 Å². The van der Waals surface area contributed by atoms with Gasteiger partial charge in [-0.2, -0.15) is 0 Å². The number of benzene rings is 2. The zero-order valence-corrected chi connectivity index (χ0v) is 14.1. The molecule has 1 heterocycles. The van der Waals surface area contributed by atoms with E-state index >= 15 is 0 Å². The normalized spacial score (nSPS) is 16.7. The van der Waals surface area contributed by atoms with E-state index in [1.807, 2.05) is 32.0 Å². The van der Waals surface area contributed by atoms with E-state index in [1.54, 1.807) is 6.07 Å². The van der Waals surface area contributed by atoms with Gasteiger partial charge in [-0.05, 0) is 49.2 Å². The predicted molar refractivity (Wildman–Crippen MR) is 92.3 cm³/mol. The Labute approximate surface area is 145 Å². The van der Waals surface area contributed by atoms with E-state index in [1.165, 1.54) is 23.1 Å². The van der Waals surface area contributed by atoms with Gasteiger partial charge in [-0.15, -0.1) is 0 Å². The summed E-state index contributed by atoms with van der Waals surface area (Å²) < 4.78 is 18.9. The molecule has 0 aliphatic carbocycles. The molecule has 1 atom stereocenters. The lowest BCUT2D eigenvalue weighted by Gasteiger charge is -2.14. The van der Waals surface area contributed by atoms with E-state index in [9.17, 15) is 14.0 Å². The maximum atomic E-state index is 13.6. The summed E-state index contributed by atoms with van der Waals surface area (Å²) in [5.74, 6) is -1.11. The standard InChI is InChI=1S/C19H19FN2O3/c1-12-7-8-14(9-13(12)2)22-11-15(25-19(22)24)10-21-18(23)16-5-3-4-6-17(16)20/h3-9,15H,10-11H2,1-2H3,(H,21,23). The van der Waals surface area contributed by atoms with Gasteiger partial charge < -0.3 is 10.1 Å². The number of hydrogen-bond acceptors (Lipinski definition) is 3. The number of carbonyl (C=O) groups excluding carboxylic acids is 2. The van der Waals surface area contributed by atoms with Gasteiger partial charge in [0, 0.05) is 5.69 Å². The van der Waals surface area contributed by atoms with Gasteiger partial charge in [0.05, 0.1) is 18.7 Å². The molecule has 1 N–H and O–H groups in total. The van der Waals surface area contributed by atoms with Crippen LogP contribution in [0.4, 0.5) is 14.9 Å². The minimum Gasteiger partial charge on any atom is -0.442 e. The van der Waals surface area contributed by atoms with E-state index in [0.717, 1.165) is 16.8 Å². The molecule has 0 bridgehead atoms. The number of rotatable bonds is 4. The summed E-state index contributed by atoms with van der Waals surface area (Å²) in [6.45, 7) is 4.44. The Bertz CT molecular complexity index is 822. The van der Waals surface area contributed by atoms with Gasteiger partial charge in [0.2, 0.25) is 0 Å². The quantitative estimate of drug-likeness (QED) is 0.928. The van der Waals surface area contributed by atoms with Gasteiger partial charge >= 0.3 is 6.09 Å². The summed E-state index contributed by atoms with van der Waals surface area (Å²) in [5.41, 5.74) is 2.96. The lowest BCUT2D eigenvalue weighted by Crippen LogP contribution is -2.35. The fraction of sp³-hybridized carbons (Fsp3) is 0.263. The van der Waals surface area contributed by atoms with Crippen molar-refractivity contribution in [3.05, 3.63) is 65.0 Å². The van der Waals surface area contributed by atoms with Crippen molar-refractivity contribution >= 4 is 17.7 Å². The maximum Gasteiger partial charge on any atom is 0.414 e. The van der Waals surface area contributed by atoms with Crippen LogP contribution < -0.4 is 10.2 Å². The third-order valence-corrected chi connectivity index (χ3v) is 4.29. The summed E-state index contributed by atoms with van der Waals surface area (Å²) >= 11 is 0. The topological polar surface area (TPSA) is 58.6 Å². The molecule has 1 saturated heterocycles. The van der Waals surface area contributed by atoms with Gasteiger partial charge in [-0.25, -0.2) is 9.18 Å². The van der Waals surface area contributed by atoms with E-state index in [2.05, 4.69) is 5.32 Å². The highest BCUT2D eigenvalue weighted by Gasteiger charge is 2.32. The molecule has 1 fully saturated rings. The molecule has 25 heavy (non-hydrogen) atoms. The summed E-state index contributed by atoms with van der Waals surface area (Å²) in [6, 6.07) is 11.5. The van der Waals surface area contributed by atoms with Crippen LogP contribution in [0.25, 0.3) is 0 Å². The van der Waals surface area contributed by atoms with Crippen LogP contribution in [0, 0.1) is 19.7 Å². The van der Waals surface area contributed by atoms with Crippen molar-refractivity contribution in [3.63, 3.8) is 0 Å². The number of anilines is 1. The van der Waals surface area contributed by atoms with Crippen molar-refractivity contribution in [2.75, 3.05) is 18.0 Å². The maximum absolute atomic E-state index is 13.6. The molecule has 1 unspecified atom stereocenters. The highest BCUT2D eigenvalue weighted by Crippen LogP contribution is 2.24. The second-order valence-corrected chi connectivity index (χ2v) is 6.07. The fourth-order valence-corrected chi connectivity index (χ4v) is 2.68. The Kier molecular flexibility index (Phi) is 4.70. The number of amides is 2. The van der Waals surface area contributed by atoms with Crippen molar-refractivity contribution < 1.29 is 18.7 Å². The summed E-state index contributed by atoms with van der Waals surface area (Å²) in [7, 11) is 0.